The summed E-state index contributed by atoms with van der Waals surface area (Å²) < 4.78 is 82.5. The van der Waals surface area contributed by atoms with Crippen LogP contribution in [0.15, 0.2) is 0 Å². The maximum Gasteiger partial charge on any atom is 1.00 e. The first kappa shape index (κ1) is 65.5. The fourth-order valence-corrected chi connectivity index (χ4v) is 14.3. The number of aliphatic carboxylic acids is 1. The third-order valence-electron chi connectivity index (χ3n) is 11.4. The molecular formula is C40H73Cl2LiO15S4. The molecule has 0 bridgehead atoms. The Bertz CT molecular complexity index is 1620. The Kier molecular flexibility index (Phi) is 34.7. The zero-order valence-corrected chi connectivity index (χ0v) is 42.9. The monoisotopic (exact) mass is 998 g/mol. The van der Waals surface area contributed by atoms with Gasteiger partial charge in [0, 0.05) is 5.25 Å². The molecular weight excluding hydrogens is 927 g/mol. The predicted molar refractivity (Wildman–Crippen MR) is 242 cm³/mol. The second-order valence-electron chi connectivity index (χ2n) is 16.3. The molecule has 4 aliphatic carbocycles. The second kappa shape index (κ2) is 32.8. The van der Waals surface area contributed by atoms with Crippen LogP contribution in [0.1, 0.15) is 156 Å². The number of ether oxygens (including phenoxy) is 3. The van der Waals surface area contributed by atoms with Crippen LogP contribution in [0.3, 0.4) is 0 Å². The third kappa shape index (κ3) is 22.1. The molecule has 0 radical (unpaired) electrons. The van der Waals surface area contributed by atoms with Crippen LogP contribution in [0.25, 0.3) is 0 Å². The van der Waals surface area contributed by atoms with Gasteiger partial charge in [0.1, 0.15) is 5.75 Å². The summed E-state index contributed by atoms with van der Waals surface area (Å²) in [5, 5.41) is 8.67. The summed E-state index contributed by atoms with van der Waals surface area (Å²) in [5.41, 5.74) is 0. The number of alkyl halides is 2. The van der Waals surface area contributed by atoms with Crippen molar-refractivity contribution in [2.75, 3.05) is 38.2 Å². The Morgan fingerprint density at radius 2 is 0.887 bits per heavy atom. The van der Waals surface area contributed by atoms with Gasteiger partial charge in [-0.1, -0.05) is 77.0 Å². The molecule has 0 atom stereocenters. The van der Waals surface area contributed by atoms with E-state index in [4.69, 9.17) is 28.3 Å². The van der Waals surface area contributed by atoms with Crippen molar-refractivity contribution in [3.63, 3.8) is 0 Å². The molecule has 0 amide bonds. The standard InChI is InChI=1S/C11H20O4S.C10H18O4S.C9H16O4S.C9H16O2S.CH2Cl2.Li.H2O/c1-11(2,10(12)15-3)16(13,14)9-7-5-4-6-8-9;1-10(2,9(11)12)15(13,14)8-6-4-3-5-7-8;1-13-9(10)7-14(11,12)8-5-3-2-4-6-8;1-11-9(10)7-12-8-5-3-2-4-6-8;2-1-3;;/h9H,4-8H2,1-3H3;8H,3-7H2,1-2H3,(H,11,12);8H,2-7H2,1H3;8H,2-7H2,1H3;1H2;;1H2/q;;;;;+1;/p-1. The summed E-state index contributed by atoms with van der Waals surface area (Å²) in [4.78, 5) is 44.1. The summed E-state index contributed by atoms with van der Waals surface area (Å²) >= 11 is 11.3. The van der Waals surface area contributed by atoms with Gasteiger partial charge in [0.25, 0.3) is 0 Å². The van der Waals surface area contributed by atoms with Crippen molar-refractivity contribution in [3.05, 3.63) is 0 Å². The number of thioether (sulfide) groups is 1. The Morgan fingerprint density at radius 3 is 1.21 bits per heavy atom. The largest absolute Gasteiger partial charge is 1.00 e. The fourth-order valence-electron chi connectivity index (χ4n) is 7.31. The molecule has 0 unspecified atom stereocenters. The predicted octanol–water partition coefficient (Wildman–Crippen LogP) is 4.66. The molecule has 15 nitrogen and oxygen atoms in total. The molecule has 0 spiro atoms. The summed E-state index contributed by atoms with van der Waals surface area (Å²) in [6.45, 7) is 5.42. The van der Waals surface area contributed by atoms with Gasteiger partial charge in [-0.2, -0.15) is 0 Å². The molecule has 0 aromatic carbocycles. The van der Waals surface area contributed by atoms with Crippen molar-refractivity contribution in [1.82, 2.24) is 0 Å². The number of hydrogen-bond donors (Lipinski definition) is 1. The van der Waals surface area contributed by atoms with E-state index in [1.807, 2.05) is 0 Å². The molecule has 4 aliphatic rings. The van der Waals surface area contributed by atoms with E-state index in [0.717, 1.165) is 57.8 Å². The topological polar surface area (TPSA) is 249 Å². The van der Waals surface area contributed by atoms with E-state index in [0.29, 0.717) is 49.5 Å². The minimum Gasteiger partial charge on any atom is -0.870 e. The molecule has 362 valence electrons. The van der Waals surface area contributed by atoms with E-state index in [2.05, 4.69) is 14.2 Å². The number of carboxylic acids is 1. The third-order valence-corrected chi connectivity index (χ3v) is 20.8. The molecule has 0 aliphatic heterocycles. The van der Waals surface area contributed by atoms with Crippen molar-refractivity contribution in [3.8, 4) is 0 Å². The van der Waals surface area contributed by atoms with Gasteiger partial charge in [-0.05, 0) is 79.1 Å². The number of rotatable bonds is 12. The number of carbonyl (C=O) groups excluding carboxylic acids is 3. The van der Waals surface area contributed by atoms with Gasteiger partial charge in [-0.15, -0.1) is 35.0 Å². The number of methoxy groups -OCH3 is 3. The van der Waals surface area contributed by atoms with Crippen LogP contribution in [0.5, 0.6) is 0 Å². The van der Waals surface area contributed by atoms with Crippen LogP contribution in [0.2, 0.25) is 0 Å². The smallest absolute Gasteiger partial charge is 0.870 e. The zero-order valence-electron chi connectivity index (χ0n) is 38.2. The Labute approximate surface area is 398 Å². The maximum atomic E-state index is 12.3. The zero-order chi connectivity index (χ0) is 46.2. The first-order valence-electron chi connectivity index (χ1n) is 20.8. The van der Waals surface area contributed by atoms with Gasteiger partial charge in [0.15, 0.2) is 39.0 Å². The Balaban J connectivity index is -0.000000727. The first-order chi connectivity index (χ1) is 27.9. The second-order valence-corrected chi connectivity index (χ2v) is 26.3. The van der Waals surface area contributed by atoms with Crippen LogP contribution in [-0.4, -0.2) is 128 Å². The summed E-state index contributed by atoms with van der Waals surface area (Å²) in [5.74, 6) is -2.61. The van der Waals surface area contributed by atoms with Crippen molar-refractivity contribution in [1.29, 1.82) is 0 Å². The van der Waals surface area contributed by atoms with Crippen LogP contribution in [-0.2, 0) is 62.9 Å². The van der Waals surface area contributed by atoms with Gasteiger partial charge in [-0.25, -0.2) is 25.3 Å². The van der Waals surface area contributed by atoms with Crippen LogP contribution >= 0.6 is 35.0 Å². The first-order valence-corrected chi connectivity index (χ1v) is 27.7. The van der Waals surface area contributed by atoms with E-state index in [9.17, 15) is 44.4 Å². The molecule has 2 N–H and O–H groups in total. The molecule has 4 fully saturated rings. The average Bonchev–Trinajstić information content (AvgIpc) is 3.24. The Hall–Kier alpha value is -0.783. The van der Waals surface area contributed by atoms with E-state index in [1.54, 1.807) is 11.8 Å². The molecule has 4 saturated carbocycles. The number of esters is 3. The maximum absolute atomic E-state index is 12.3. The summed E-state index contributed by atoms with van der Waals surface area (Å²) in [7, 11) is -6.40. The van der Waals surface area contributed by atoms with Gasteiger partial charge >= 0.3 is 42.7 Å². The van der Waals surface area contributed by atoms with Gasteiger partial charge in [-0.3, -0.25) is 19.2 Å². The molecule has 0 aromatic rings. The number of sulfone groups is 3. The SMILES string of the molecule is CC(C)(C(=O)O)S(=O)(=O)C1CCCCC1.COC(=O)C(C)(C)S(=O)(=O)C1CCCCC1.COC(=O)CS(=O)(=O)C1CCCCC1.COC(=O)CSC1CCCCC1.ClCCl.[Li+].[OH-]. The van der Waals surface area contributed by atoms with E-state index < -0.39 is 67.9 Å². The normalized spacial score (nSPS) is 18.2. The minimum atomic E-state index is -3.56. The molecule has 0 aromatic heterocycles. The molecule has 0 saturated heterocycles. The van der Waals surface area contributed by atoms with Crippen LogP contribution in [0.4, 0.5) is 0 Å². The molecule has 22 heteroatoms. The number of hydrogen-bond acceptors (Lipinski definition) is 15. The van der Waals surface area contributed by atoms with Gasteiger partial charge in [0.2, 0.25) is 0 Å². The van der Waals surface area contributed by atoms with Gasteiger partial charge < -0.3 is 24.8 Å². The number of halogens is 2. The molecule has 0 heterocycles. The van der Waals surface area contributed by atoms with Gasteiger partial charge in [0.05, 0.1) is 48.2 Å². The minimum absolute atomic E-state index is 0. The van der Waals surface area contributed by atoms with Crippen LogP contribution in [0, 0.1) is 0 Å². The van der Waals surface area contributed by atoms with E-state index in [1.165, 1.54) is 81.1 Å². The van der Waals surface area contributed by atoms with Crippen molar-refractivity contribution in [2.45, 2.75) is 187 Å². The number of carbonyl (C=O) groups is 4. The van der Waals surface area contributed by atoms with E-state index >= 15 is 0 Å². The van der Waals surface area contributed by atoms with Crippen molar-refractivity contribution < 1.29 is 88.1 Å². The van der Waals surface area contributed by atoms with Crippen molar-refractivity contribution >= 4 is 88.4 Å². The Morgan fingerprint density at radius 1 is 0.565 bits per heavy atom. The summed E-state index contributed by atoms with van der Waals surface area (Å²) in [6, 6.07) is 0. The average molecular weight is 1000 g/mol. The molecule has 62 heavy (non-hydrogen) atoms. The quantitative estimate of drug-likeness (QED) is 0.121. The van der Waals surface area contributed by atoms with Crippen LogP contribution < -0.4 is 18.9 Å². The summed E-state index contributed by atoms with van der Waals surface area (Å²) in [6.07, 6.45) is 19.3. The van der Waals surface area contributed by atoms with Crippen molar-refractivity contribution in [2.24, 2.45) is 0 Å². The van der Waals surface area contributed by atoms with E-state index in [-0.39, 0.29) is 46.1 Å². The number of carboxylic acid groups (broad SMARTS) is 1. The fraction of sp³-hybridized carbons (Fsp3) is 0.900. The molecule has 4 rings (SSSR count).